The summed E-state index contributed by atoms with van der Waals surface area (Å²) in [5, 5.41) is 2.78. The second-order valence-corrected chi connectivity index (χ2v) is 6.72. The van der Waals surface area contributed by atoms with Gasteiger partial charge in [0.25, 0.3) is 12.3 Å². The summed E-state index contributed by atoms with van der Waals surface area (Å²) in [4.78, 5) is 21.0. The number of likely N-dealkylation sites (tertiary alicyclic amines) is 1. The molecule has 29 heavy (non-hydrogen) atoms. The van der Waals surface area contributed by atoms with Crippen molar-refractivity contribution in [3.63, 3.8) is 0 Å². The van der Waals surface area contributed by atoms with Crippen molar-refractivity contribution in [1.82, 2.24) is 14.9 Å². The van der Waals surface area contributed by atoms with E-state index in [1.165, 1.54) is 36.7 Å². The van der Waals surface area contributed by atoms with Gasteiger partial charge in [0.05, 0.1) is 6.54 Å². The molecule has 3 rings (SSSR count). The molecule has 0 bridgehead atoms. The fourth-order valence-corrected chi connectivity index (χ4v) is 2.99. The molecular formula is C19H20F4N4O2. The van der Waals surface area contributed by atoms with E-state index in [1.54, 1.807) is 6.07 Å². The van der Waals surface area contributed by atoms with Crippen molar-refractivity contribution >= 4 is 12.0 Å². The Hall–Kier alpha value is -2.91. The summed E-state index contributed by atoms with van der Waals surface area (Å²) in [6.45, 7) is -0.823. The number of carbonyl (C=O) groups is 1. The Balaban J connectivity index is 1.49. The maximum absolute atomic E-state index is 14.5. The highest BCUT2D eigenvalue weighted by Crippen LogP contribution is 2.33. The molecule has 1 N–H and O–H groups in total. The number of carbonyl (C=O) groups excluding carboxylic acids is 1. The smallest absolute Gasteiger partial charge is 0.410 e. The zero-order valence-electron chi connectivity index (χ0n) is 15.4. The number of hydrogen-bond acceptors (Lipinski definition) is 5. The van der Waals surface area contributed by atoms with E-state index in [2.05, 4.69) is 15.3 Å². The van der Waals surface area contributed by atoms with Gasteiger partial charge in [-0.3, -0.25) is 0 Å². The predicted octanol–water partition coefficient (Wildman–Crippen LogP) is 4.12. The van der Waals surface area contributed by atoms with Gasteiger partial charge in [-0.05, 0) is 18.1 Å². The quantitative estimate of drug-likeness (QED) is 0.723. The number of rotatable bonds is 6. The summed E-state index contributed by atoms with van der Waals surface area (Å²) in [6, 6.07) is 6.91. The van der Waals surface area contributed by atoms with E-state index in [1.807, 2.05) is 0 Å². The third-order valence-electron chi connectivity index (χ3n) is 4.67. The van der Waals surface area contributed by atoms with Gasteiger partial charge >= 0.3 is 6.09 Å². The molecule has 1 aromatic carbocycles. The van der Waals surface area contributed by atoms with Crippen LogP contribution in [0.4, 0.5) is 28.3 Å². The van der Waals surface area contributed by atoms with Gasteiger partial charge in [0.2, 0.25) is 5.95 Å². The SMILES string of the molecule is O=C(OCc1ccc(C(F)F)cc1)N1CC[C@@H](CNc2ncccn2)C(F)(F)C1. The molecule has 1 atom stereocenters. The second-order valence-electron chi connectivity index (χ2n) is 6.72. The van der Waals surface area contributed by atoms with Crippen LogP contribution in [0.2, 0.25) is 0 Å². The topological polar surface area (TPSA) is 67.3 Å². The molecule has 1 fully saturated rings. The number of nitrogens with one attached hydrogen (secondary N) is 1. The minimum absolute atomic E-state index is 0.0175. The third-order valence-corrected chi connectivity index (χ3v) is 4.67. The summed E-state index contributed by atoms with van der Waals surface area (Å²) in [6.07, 6.45) is -0.343. The van der Waals surface area contributed by atoms with Crippen LogP contribution in [0.1, 0.15) is 24.0 Å². The van der Waals surface area contributed by atoms with Crippen LogP contribution < -0.4 is 5.32 Å². The minimum Gasteiger partial charge on any atom is -0.445 e. The highest BCUT2D eigenvalue weighted by molar-refractivity contribution is 5.68. The lowest BCUT2D eigenvalue weighted by Crippen LogP contribution is -2.52. The Morgan fingerprint density at radius 2 is 1.93 bits per heavy atom. The first-order valence-corrected chi connectivity index (χ1v) is 9.02. The Kier molecular flexibility index (Phi) is 6.50. The summed E-state index contributed by atoms with van der Waals surface area (Å²) in [7, 11) is 0. The molecule has 0 spiro atoms. The molecule has 1 aromatic heterocycles. The fourth-order valence-electron chi connectivity index (χ4n) is 2.99. The number of halogens is 4. The lowest BCUT2D eigenvalue weighted by Gasteiger charge is -2.37. The van der Waals surface area contributed by atoms with Crippen molar-refractivity contribution in [2.75, 3.05) is 25.0 Å². The first kappa shape index (κ1) is 20.8. The Bertz CT molecular complexity index is 806. The van der Waals surface area contributed by atoms with E-state index >= 15 is 0 Å². The van der Waals surface area contributed by atoms with Gasteiger partial charge in [0, 0.05) is 37.0 Å². The largest absolute Gasteiger partial charge is 0.445 e. The third kappa shape index (κ3) is 5.55. The summed E-state index contributed by atoms with van der Waals surface area (Å²) >= 11 is 0. The van der Waals surface area contributed by atoms with E-state index in [0.717, 1.165) is 4.90 Å². The molecule has 2 aromatic rings. The van der Waals surface area contributed by atoms with E-state index in [-0.39, 0.29) is 37.6 Å². The van der Waals surface area contributed by atoms with E-state index < -0.39 is 30.9 Å². The van der Waals surface area contributed by atoms with Gasteiger partial charge in [-0.2, -0.15) is 0 Å². The lowest BCUT2D eigenvalue weighted by molar-refractivity contribution is -0.102. The number of hydrogen-bond donors (Lipinski definition) is 1. The number of nitrogens with zero attached hydrogens (tertiary/aromatic N) is 3. The summed E-state index contributed by atoms with van der Waals surface area (Å²) < 4.78 is 59.1. The second kappa shape index (κ2) is 9.06. The van der Waals surface area contributed by atoms with Crippen LogP contribution in [0, 0.1) is 5.92 Å². The number of amides is 1. The maximum atomic E-state index is 14.5. The van der Waals surface area contributed by atoms with Gasteiger partial charge < -0.3 is 15.0 Å². The van der Waals surface area contributed by atoms with Gasteiger partial charge in [-0.25, -0.2) is 32.3 Å². The molecule has 10 heteroatoms. The first-order chi connectivity index (χ1) is 13.8. The number of ether oxygens (including phenoxy) is 1. The van der Waals surface area contributed by atoms with Crippen LogP contribution >= 0.6 is 0 Å². The number of aromatic nitrogens is 2. The van der Waals surface area contributed by atoms with Crippen molar-refractivity contribution < 1.29 is 27.1 Å². The minimum atomic E-state index is -3.10. The zero-order valence-corrected chi connectivity index (χ0v) is 15.4. The monoisotopic (exact) mass is 412 g/mol. The Morgan fingerprint density at radius 3 is 2.55 bits per heavy atom. The number of anilines is 1. The normalized spacial score (nSPS) is 18.5. The maximum Gasteiger partial charge on any atom is 0.410 e. The molecule has 1 aliphatic heterocycles. The first-order valence-electron chi connectivity index (χ1n) is 9.02. The lowest BCUT2D eigenvalue weighted by atomic mass is 9.93. The fraction of sp³-hybridized carbons (Fsp3) is 0.421. The molecule has 0 aliphatic carbocycles. The molecule has 0 saturated carbocycles. The van der Waals surface area contributed by atoms with Gasteiger partial charge in [-0.15, -0.1) is 0 Å². The molecule has 6 nitrogen and oxygen atoms in total. The number of alkyl halides is 4. The highest BCUT2D eigenvalue weighted by atomic mass is 19.3. The predicted molar refractivity (Wildman–Crippen MR) is 96.7 cm³/mol. The molecule has 2 heterocycles. The van der Waals surface area contributed by atoms with Crippen LogP contribution in [0.5, 0.6) is 0 Å². The van der Waals surface area contributed by atoms with Gasteiger partial charge in [0.1, 0.15) is 6.61 Å². The summed E-state index contributed by atoms with van der Waals surface area (Å²) in [5.74, 6) is -3.81. The molecule has 0 radical (unpaired) electrons. The average molecular weight is 412 g/mol. The molecule has 156 valence electrons. The van der Waals surface area contributed by atoms with Crippen LogP contribution in [-0.2, 0) is 11.3 Å². The van der Waals surface area contributed by atoms with Crippen LogP contribution in [0.15, 0.2) is 42.7 Å². The van der Waals surface area contributed by atoms with Crippen molar-refractivity contribution in [1.29, 1.82) is 0 Å². The molecule has 1 aliphatic rings. The molecule has 1 saturated heterocycles. The van der Waals surface area contributed by atoms with Crippen molar-refractivity contribution in [3.05, 3.63) is 53.9 Å². The summed E-state index contributed by atoms with van der Waals surface area (Å²) in [5.41, 5.74) is 0.354. The van der Waals surface area contributed by atoms with Gasteiger partial charge in [-0.1, -0.05) is 24.3 Å². The molecule has 1 amide bonds. The molecular weight excluding hydrogens is 392 g/mol. The Morgan fingerprint density at radius 1 is 1.24 bits per heavy atom. The zero-order chi connectivity index (χ0) is 20.9. The number of piperidine rings is 1. The number of benzene rings is 1. The van der Waals surface area contributed by atoms with Crippen LogP contribution in [0.25, 0.3) is 0 Å². The van der Waals surface area contributed by atoms with Gasteiger partial charge in [0.15, 0.2) is 0 Å². The standard InChI is InChI=1S/C19H20F4N4O2/c20-16(21)14-4-2-13(3-5-14)11-29-18(28)27-9-6-15(19(22,23)12-27)10-26-17-24-7-1-8-25-17/h1-5,7-8,15-16H,6,9-12H2,(H,24,25,26)/t15-/m0/s1. The van der Waals surface area contributed by atoms with Crippen molar-refractivity contribution in [2.45, 2.75) is 25.4 Å². The van der Waals surface area contributed by atoms with E-state index in [4.69, 9.17) is 4.74 Å². The average Bonchev–Trinajstić information content (AvgIpc) is 2.71. The van der Waals surface area contributed by atoms with E-state index in [9.17, 15) is 22.4 Å². The van der Waals surface area contributed by atoms with Crippen LogP contribution in [0.3, 0.4) is 0 Å². The highest BCUT2D eigenvalue weighted by Gasteiger charge is 2.46. The van der Waals surface area contributed by atoms with Crippen LogP contribution in [-0.4, -0.2) is 46.5 Å². The van der Waals surface area contributed by atoms with Crippen molar-refractivity contribution in [2.24, 2.45) is 5.92 Å². The van der Waals surface area contributed by atoms with Crippen molar-refractivity contribution in [3.8, 4) is 0 Å². The molecule has 0 unspecified atom stereocenters. The Labute approximate surface area is 164 Å². The van der Waals surface area contributed by atoms with E-state index in [0.29, 0.717) is 5.56 Å².